The quantitative estimate of drug-likeness (QED) is 0.872. The van der Waals surface area contributed by atoms with Gasteiger partial charge in [-0.2, -0.15) is 0 Å². The lowest BCUT2D eigenvalue weighted by Gasteiger charge is -2.06. The van der Waals surface area contributed by atoms with Crippen LogP contribution in [0.1, 0.15) is 15.2 Å². The van der Waals surface area contributed by atoms with Crippen molar-refractivity contribution in [2.45, 2.75) is 6.42 Å². The van der Waals surface area contributed by atoms with E-state index in [1.807, 2.05) is 17.5 Å². The van der Waals surface area contributed by atoms with E-state index in [2.05, 4.69) is 5.32 Å². The van der Waals surface area contributed by atoms with E-state index in [1.54, 1.807) is 17.4 Å². The third kappa shape index (κ3) is 3.07. The molecule has 1 aromatic heterocycles. The second kappa shape index (κ2) is 5.64. The van der Waals surface area contributed by atoms with Crippen molar-refractivity contribution in [3.8, 4) is 0 Å². The van der Waals surface area contributed by atoms with Gasteiger partial charge in [0.1, 0.15) is 5.82 Å². The summed E-state index contributed by atoms with van der Waals surface area (Å²) in [6.45, 7) is 0.687. The van der Waals surface area contributed by atoms with E-state index in [-0.39, 0.29) is 5.56 Å². The van der Waals surface area contributed by atoms with Crippen LogP contribution < -0.4 is 5.32 Å². The highest BCUT2D eigenvalue weighted by Crippen LogP contribution is 2.15. The van der Waals surface area contributed by atoms with E-state index in [0.717, 1.165) is 6.42 Å². The number of thiophene rings is 1. The average molecular weight is 265 g/mol. The van der Waals surface area contributed by atoms with Crippen LogP contribution >= 0.6 is 11.3 Å². The Morgan fingerprint density at radius 1 is 1.39 bits per heavy atom. The highest BCUT2D eigenvalue weighted by Gasteiger charge is 2.09. The fraction of sp³-hybridized carbons (Fsp3) is 0.154. The van der Waals surface area contributed by atoms with Crippen molar-refractivity contribution in [1.29, 1.82) is 0 Å². The Bertz CT molecular complexity index is 540. The summed E-state index contributed by atoms with van der Waals surface area (Å²) in [7, 11) is 0. The van der Waals surface area contributed by atoms with Crippen LogP contribution in [0.2, 0.25) is 0 Å². The predicted octanol–water partition coefficient (Wildman–Crippen LogP) is 3.24. The molecule has 0 spiro atoms. The van der Waals surface area contributed by atoms with Crippen molar-refractivity contribution in [3.05, 3.63) is 52.0 Å². The Kier molecular flexibility index (Phi) is 3.94. The van der Waals surface area contributed by atoms with E-state index in [1.165, 1.54) is 17.0 Å². The van der Waals surface area contributed by atoms with Gasteiger partial charge in [-0.05, 0) is 36.1 Å². The number of hydrogen-bond donors (Lipinski definition) is 2. The van der Waals surface area contributed by atoms with Crippen LogP contribution in [0.25, 0.3) is 0 Å². The van der Waals surface area contributed by atoms with Crippen LogP contribution in [0.15, 0.2) is 35.7 Å². The van der Waals surface area contributed by atoms with Gasteiger partial charge in [-0.15, -0.1) is 11.3 Å². The molecule has 0 unspecified atom stereocenters. The molecule has 1 aromatic carbocycles. The molecule has 0 radical (unpaired) electrons. The van der Waals surface area contributed by atoms with Gasteiger partial charge in [0.2, 0.25) is 0 Å². The number of anilines is 1. The van der Waals surface area contributed by atoms with Gasteiger partial charge in [0.05, 0.1) is 5.56 Å². The topological polar surface area (TPSA) is 49.3 Å². The van der Waals surface area contributed by atoms with E-state index in [9.17, 15) is 9.18 Å². The van der Waals surface area contributed by atoms with Crippen molar-refractivity contribution >= 4 is 23.0 Å². The van der Waals surface area contributed by atoms with E-state index < -0.39 is 11.8 Å². The molecule has 0 fully saturated rings. The number of nitrogens with one attached hydrogen (secondary N) is 1. The van der Waals surface area contributed by atoms with Crippen molar-refractivity contribution in [1.82, 2.24) is 0 Å². The maximum Gasteiger partial charge on any atom is 0.338 e. The van der Waals surface area contributed by atoms with Gasteiger partial charge in [-0.3, -0.25) is 0 Å². The van der Waals surface area contributed by atoms with Gasteiger partial charge < -0.3 is 10.4 Å². The fourth-order valence-electron chi connectivity index (χ4n) is 1.58. The summed E-state index contributed by atoms with van der Waals surface area (Å²) in [5, 5.41) is 13.8. The van der Waals surface area contributed by atoms with Gasteiger partial charge in [0, 0.05) is 17.1 Å². The minimum absolute atomic E-state index is 0.307. The fourth-order valence-corrected chi connectivity index (χ4v) is 2.29. The van der Waals surface area contributed by atoms with Crippen molar-refractivity contribution in [3.63, 3.8) is 0 Å². The van der Waals surface area contributed by atoms with Crippen LogP contribution in [0.4, 0.5) is 10.1 Å². The Balaban J connectivity index is 1.94. The summed E-state index contributed by atoms with van der Waals surface area (Å²) < 4.78 is 13.4. The van der Waals surface area contributed by atoms with Crippen LogP contribution in [0.3, 0.4) is 0 Å². The lowest BCUT2D eigenvalue weighted by atomic mass is 10.2. The minimum atomic E-state index is -1.25. The third-order valence-corrected chi connectivity index (χ3v) is 3.42. The van der Waals surface area contributed by atoms with Crippen LogP contribution in [-0.4, -0.2) is 17.6 Å². The summed E-state index contributed by atoms with van der Waals surface area (Å²) >= 11 is 1.68. The molecule has 0 saturated heterocycles. The third-order valence-electron chi connectivity index (χ3n) is 2.48. The van der Waals surface area contributed by atoms with Crippen LogP contribution in [-0.2, 0) is 6.42 Å². The van der Waals surface area contributed by atoms with Gasteiger partial charge in [0.25, 0.3) is 0 Å². The van der Waals surface area contributed by atoms with Gasteiger partial charge in [-0.25, -0.2) is 9.18 Å². The van der Waals surface area contributed by atoms with Gasteiger partial charge >= 0.3 is 5.97 Å². The summed E-state index contributed by atoms with van der Waals surface area (Å²) in [5.41, 5.74) is 0.285. The smallest absolute Gasteiger partial charge is 0.338 e. The number of carbonyl (C=O) groups is 1. The molecule has 3 nitrogen and oxygen atoms in total. The lowest BCUT2D eigenvalue weighted by molar-refractivity contribution is 0.0692. The number of rotatable bonds is 5. The van der Waals surface area contributed by atoms with E-state index in [0.29, 0.717) is 12.2 Å². The summed E-state index contributed by atoms with van der Waals surface area (Å²) in [4.78, 5) is 11.9. The molecule has 0 aliphatic heterocycles. The Hall–Kier alpha value is -1.88. The average Bonchev–Trinajstić information content (AvgIpc) is 2.81. The highest BCUT2D eigenvalue weighted by atomic mass is 32.1. The molecule has 0 aliphatic carbocycles. The maximum atomic E-state index is 13.4. The summed E-state index contributed by atoms with van der Waals surface area (Å²) in [6, 6.07) is 8.08. The van der Waals surface area contributed by atoms with E-state index >= 15 is 0 Å². The normalized spacial score (nSPS) is 10.3. The number of carboxylic acids is 1. The molecule has 5 heteroatoms. The largest absolute Gasteiger partial charge is 0.478 e. The standard InChI is InChI=1S/C13H12FNO2S/c14-12-8-9(3-4-11(12)13(16)17)15-6-5-10-2-1-7-18-10/h1-4,7-8,15H,5-6H2,(H,16,17). The molecule has 0 atom stereocenters. The van der Waals surface area contributed by atoms with Gasteiger partial charge in [-0.1, -0.05) is 6.07 Å². The first-order valence-corrected chi connectivity index (χ1v) is 6.34. The zero-order valence-corrected chi connectivity index (χ0v) is 10.3. The minimum Gasteiger partial charge on any atom is -0.478 e. The zero-order valence-electron chi connectivity index (χ0n) is 9.52. The van der Waals surface area contributed by atoms with Gasteiger partial charge in [0.15, 0.2) is 0 Å². The SMILES string of the molecule is O=C(O)c1ccc(NCCc2cccs2)cc1F. The summed E-state index contributed by atoms with van der Waals surface area (Å²) in [5.74, 6) is -1.97. The monoisotopic (exact) mass is 265 g/mol. The first-order valence-electron chi connectivity index (χ1n) is 5.46. The Labute approximate surface area is 108 Å². The number of carboxylic acid groups (broad SMARTS) is 1. The first-order chi connectivity index (χ1) is 8.66. The predicted molar refractivity (Wildman–Crippen MR) is 69.9 cm³/mol. The molecule has 0 amide bonds. The number of halogens is 1. The van der Waals surface area contributed by atoms with Crippen molar-refractivity contribution < 1.29 is 14.3 Å². The molecule has 1 heterocycles. The van der Waals surface area contributed by atoms with Crippen LogP contribution in [0.5, 0.6) is 0 Å². The molecule has 0 bridgehead atoms. The summed E-state index contributed by atoms with van der Waals surface area (Å²) in [6.07, 6.45) is 0.861. The number of hydrogen-bond acceptors (Lipinski definition) is 3. The molecule has 18 heavy (non-hydrogen) atoms. The van der Waals surface area contributed by atoms with Crippen molar-refractivity contribution in [2.75, 3.05) is 11.9 Å². The molecule has 2 rings (SSSR count). The highest BCUT2D eigenvalue weighted by molar-refractivity contribution is 7.09. The second-order valence-corrected chi connectivity index (χ2v) is 4.79. The molecule has 0 saturated carbocycles. The van der Waals surface area contributed by atoms with E-state index in [4.69, 9.17) is 5.11 Å². The first kappa shape index (κ1) is 12.6. The Morgan fingerprint density at radius 3 is 2.83 bits per heavy atom. The number of benzene rings is 1. The molecular weight excluding hydrogens is 253 g/mol. The molecule has 2 aromatic rings. The molecule has 94 valence electrons. The lowest BCUT2D eigenvalue weighted by Crippen LogP contribution is -2.06. The Morgan fingerprint density at radius 2 is 2.22 bits per heavy atom. The van der Waals surface area contributed by atoms with Crippen LogP contribution in [0, 0.1) is 5.82 Å². The maximum absolute atomic E-state index is 13.4. The molecule has 2 N–H and O–H groups in total. The van der Waals surface area contributed by atoms with Crippen molar-refractivity contribution in [2.24, 2.45) is 0 Å². The second-order valence-electron chi connectivity index (χ2n) is 3.76. The molecular formula is C13H12FNO2S. The zero-order chi connectivity index (χ0) is 13.0. The molecule has 0 aliphatic rings. The number of aromatic carboxylic acids is 1.